The van der Waals surface area contributed by atoms with Gasteiger partial charge in [-0.25, -0.2) is 0 Å². The van der Waals surface area contributed by atoms with Crippen LogP contribution in [0.5, 0.6) is 0 Å². The fraction of sp³-hybridized carbons (Fsp3) is 0.267. The van der Waals surface area contributed by atoms with Gasteiger partial charge in [-0.15, -0.1) is 11.3 Å². The maximum atomic E-state index is 13.8. The van der Waals surface area contributed by atoms with Crippen LogP contribution in [0.15, 0.2) is 78.2 Å². The topological polar surface area (TPSA) is 40.6 Å². The largest absolute Gasteiger partial charge is 0.330 e. The molecule has 5 heteroatoms. The first-order valence-electron chi connectivity index (χ1n) is 12.3. The number of benzene rings is 3. The molecule has 176 valence electrons. The van der Waals surface area contributed by atoms with Crippen molar-refractivity contribution in [1.82, 2.24) is 9.80 Å². The number of aryl methyl sites for hydroxylation is 1. The Labute approximate surface area is 209 Å². The molecule has 0 spiro atoms. The number of fused-ring (bicyclic) bond motifs is 2. The summed E-state index contributed by atoms with van der Waals surface area (Å²) in [6.07, 6.45) is 2.79. The second kappa shape index (κ2) is 8.97. The van der Waals surface area contributed by atoms with Gasteiger partial charge in [0, 0.05) is 23.0 Å². The molecule has 4 aromatic rings. The lowest BCUT2D eigenvalue weighted by Crippen LogP contribution is -2.47. The molecule has 35 heavy (non-hydrogen) atoms. The molecule has 0 radical (unpaired) electrons. The summed E-state index contributed by atoms with van der Waals surface area (Å²) in [4.78, 5) is 32.5. The molecule has 4 nitrogen and oxygen atoms in total. The van der Waals surface area contributed by atoms with E-state index in [1.54, 1.807) is 11.3 Å². The third-order valence-electron chi connectivity index (χ3n) is 7.23. The molecule has 1 aliphatic carbocycles. The van der Waals surface area contributed by atoms with E-state index in [0.29, 0.717) is 12.1 Å². The van der Waals surface area contributed by atoms with E-state index in [4.69, 9.17) is 0 Å². The Kier molecular flexibility index (Phi) is 5.65. The summed E-state index contributed by atoms with van der Waals surface area (Å²) in [6, 6.07) is 24.6. The van der Waals surface area contributed by atoms with Crippen LogP contribution in [-0.4, -0.2) is 40.7 Å². The van der Waals surface area contributed by atoms with Crippen molar-refractivity contribution in [1.29, 1.82) is 0 Å². The third kappa shape index (κ3) is 4.25. The average Bonchev–Trinajstić information content (AvgIpc) is 3.62. The minimum atomic E-state index is -0.102. The van der Waals surface area contributed by atoms with Crippen molar-refractivity contribution in [2.45, 2.75) is 38.3 Å². The van der Waals surface area contributed by atoms with Gasteiger partial charge in [0.15, 0.2) is 0 Å². The fourth-order valence-electron chi connectivity index (χ4n) is 5.17. The van der Waals surface area contributed by atoms with Crippen molar-refractivity contribution >= 4 is 33.9 Å². The number of amides is 2. The third-order valence-corrected chi connectivity index (χ3v) is 8.23. The summed E-state index contributed by atoms with van der Waals surface area (Å²) >= 11 is 1.77. The molecule has 2 heterocycles. The van der Waals surface area contributed by atoms with Crippen LogP contribution in [0.25, 0.3) is 10.8 Å². The van der Waals surface area contributed by atoms with E-state index in [-0.39, 0.29) is 30.4 Å². The quantitative estimate of drug-likeness (QED) is 0.352. The predicted molar refractivity (Wildman–Crippen MR) is 141 cm³/mol. The summed E-state index contributed by atoms with van der Waals surface area (Å²) in [7, 11) is 0. The molecule has 0 bridgehead atoms. The number of hydrogen-bond donors (Lipinski definition) is 0. The van der Waals surface area contributed by atoms with Gasteiger partial charge >= 0.3 is 0 Å². The van der Waals surface area contributed by atoms with Gasteiger partial charge in [-0.1, -0.05) is 60.2 Å². The summed E-state index contributed by atoms with van der Waals surface area (Å²) in [5, 5.41) is 4.28. The highest BCUT2D eigenvalue weighted by Gasteiger charge is 2.38. The second-order valence-electron chi connectivity index (χ2n) is 9.68. The monoisotopic (exact) mass is 480 g/mol. The van der Waals surface area contributed by atoms with E-state index >= 15 is 0 Å². The molecule has 2 aliphatic rings. The van der Waals surface area contributed by atoms with E-state index in [9.17, 15) is 9.59 Å². The van der Waals surface area contributed by atoms with Gasteiger partial charge in [-0.05, 0) is 71.7 Å². The Balaban J connectivity index is 1.29. The van der Waals surface area contributed by atoms with Crippen LogP contribution in [0, 0.1) is 6.92 Å². The average molecular weight is 481 g/mol. The number of carbonyl (C=O) groups is 2. The molecule has 3 aromatic carbocycles. The second-order valence-corrected chi connectivity index (χ2v) is 10.7. The summed E-state index contributed by atoms with van der Waals surface area (Å²) < 4.78 is 0. The zero-order valence-corrected chi connectivity index (χ0v) is 20.6. The van der Waals surface area contributed by atoms with Crippen molar-refractivity contribution in [2.75, 3.05) is 13.1 Å². The maximum Gasteiger partial charge on any atom is 0.254 e. The van der Waals surface area contributed by atoms with E-state index in [0.717, 1.165) is 35.6 Å². The molecule has 6 rings (SSSR count). The Morgan fingerprint density at radius 3 is 2.51 bits per heavy atom. The maximum absolute atomic E-state index is 13.8. The lowest BCUT2D eigenvalue weighted by atomic mass is 9.92. The predicted octanol–water partition coefficient (Wildman–Crippen LogP) is 5.99. The van der Waals surface area contributed by atoms with Crippen molar-refractivity contribution in [3.8, 4) is 0 Å². The first-order chi connectivity index (χ1) is 17.1. The van der Waals surface area contributed by atoms with Gasteiger partial charge in [0.25, 0.3) is 5.91 Å². The van der Waals surface area contributed by atoms with Crippen LogP contribution < -0.4 is 0 Å². The van der Waals surface area contributed by atoms with Crippen molar-refractivity contribution in [2.24, 2.45) is 0 Å². The minimum Gasteiger partial charge on any atom is -0.330 e. The van der Waals surface area contributed by atoms with Crippen LogP contribution in [0.2, 0.25) is 0 Å². The highest BCUT2D eigenvalue weighted by molar-refractivity contribution is 7.10. The lowest BCUT2D eigenvalue weighted by molar-refractivity contribution is -0.134. The molecule has 1 atom stereocenters. The van der Waals surface area contributed by atoms with Crippen molar-refractivity contribution in [3.05, 3.63) is 105 Å². The van der Waals surface area contributed by atoms with E-state index in [1.165, 1.54) is 16.0 Å². The number of hydrogen-bond acceptors (Lipinski definition) is 3. The van der Waals surface area contributed by atoms with Crippen LogP contribution in [0.4, 0.5) is 0 Å². The molecule has 0 N–H and O–H groups in total. The van der Waals surface area contributed by atoms with Gasteiger partial charge in [-0.2, -0.15) is 0 Å². The highest BCUT2D eigenvalue weighted by atomic mass is 32.1. The van der Waals surface area contributed by atoms with Gasteiger partial charge in [0.1, 0.15) is 6.54 Å². The SMILES string of the molecule is Cc1ccc(C2c3ccsc3CCN2C(=O)CN(C(=O)c2ccc3ccccc3c2)C2CC2)cc1. The number of rotatable bonds is 5. The van der Waals surface area contributed by atoms with Gasteiger partial charge in [0.2, 0.25) is 5.91 Å². The molecule has 2 amide bonds. The fourth-order valence-corrected chi connectivity index (χ4v) is 6.07. The summed E-state index contributed by atoms with van der Waals surface area (Å²) in [5.41, 5.74) is 4.20. The zero-order valence-electron chi connectivity index (χ0n) is 19.8. The van der Waals surface area contributed by atoms with Crippen LogP contribution in [0.3, 0.4) is 0 Å². The standard InChI is InChI=1S/C30H28N2O2S/c1-20-6-8-22(9-7-20)29-26-15-17-35-27(26)14-16-31(29)28(33)19-32(25-12-13-25)30(34)24-11-10-21-4-2-3-5-23(21)18-24/h2-11,15,17-18,25,29H,12-14,16,19H2,1H3. The van der Waals surface area contributed by atoms with Gasteiger partial charge in [0.05, 0.1) is 6.04 Å². The van der Waals surface area contributed by atoms with Crippen molar-refractivity contribution < 1.29 is 9.59 Å². The molecule has 1 unspecified atom stereocenters. The Morgan fingerprint density at radius 1 is 0.971 bits per heavy atom. The van der Waals surface area contributed by atoms with E-state index in [1.807, 2.05) is 52.3 Å². The Hall–Kier alpha value is -3.44. The molecule has 1 fully saturated rings. The Morgan fingerprint density at radius 2 is 1.74 bits per heavy atom. The Bertz CT molecular complexity index is 1400. The molecule has 1 aromatic heterocycles. The molecule has 1 aliphatic heterocycles. The molecule has 1 saturated carbocycles. The van der Waals surface area contributed by atoms with Gasteiger partial charge in [-0.3, -0.25) is 9.59 Å². The van der Waals surface area contributed by atoms with Crippen LogP contribution >= 0.6 is 11.3 Å². The number of carbonyl (C=O) groups excluding carboxylic acids is 2. The van der Waals surface area contributed by atoms with Crippen molar-refractivity contribution in [3.63, 3.8) is 0 Å². The lowest BCUT2D eigenvalue weighted by Gasteiger charge is -2.37. The van der Waals surface area contributed by atoms with E-state index in [2.05, 4.69) is 42.6 Å². The zero-order chi connectivity index (χ0) is 23.9. The van der Waals surface area contributed by atoms with E-state index < -0.39 is 0 Å². The van der Waals surface area contributed by atoms with Crippen LogP contribution in [0.1, 0.15) is 50.8 Å². The molecule has 0 saturated heterocycles. The normalized spacial score (nSPS) is 17.3. The minimum absolute atomic E-state index is 0.0217. The molecular formula is C30H28N2O2S. The smallest absolute Gasteiger partial charge is 0.254 e. The van der Waals surface area contributed by atoms with Crippen LogP contribution in [-0.2, 0) is 11.2 Å². The number of nitrogens with zero attached hydrogens (tertiary/aromatic N) is 2. The summed E-state index contributed by atoms with van der Waals surface area (Å²) in [6.45, 7) is 2.88. The highest BCUT2D eigenvalue weighted by Crippen LogP contribution is 2.38. The molecular weight excluding hydrogens is 452 g/mol. The first kappa shape index (κ1) is 22.1. The van der Waals surface area contributed by atoms with Gasteiger partial charge < -0.3 is 9.80 Å². The summed E-state index contributed by atoms with van der Waals surface area (Å²) in [5.74, 6) is -0.0276. The first-order valence-corrected chi connectivity index (χ1v) is 13.2. The number of thiophene rings is 1.